The quantitative estimate of drug-likeness (QED) is 0.195. The summed E-state index contributed by atoms with van der Waals surface area (Å²) >= 11 is 1.19. The Morgan fingerprint density at radius 2 is 1.91 bits per heavy atom. The summed E-state index contributed by atoms with van der Waals surface area (Å²) in [5, 5.41) is 25.3. The van der Waals surface area contributed by atoms with Gasteiger partial charge in [-0.05, 0) is 37.6 Å². The van der Waals surface area contributed by atoms with Crippen molar-refractivity contribution < 1.29 is 14.5 Å². The van der Waals surface area contributed by atoms with E-state index < -0.39 is 11.0 Å². The minimum Gasteiger partial charge on any atom is -0.342 e. The third-order valence-corrected chi connectivity index (χ3v) is 5.84. The van der Waals surface area contributed by atoms with Gasteiger partial charge in [-0.25, -0.2) is 0 Å². The van der Waals surface area contributed by atoms with E-state index in [0.29, 0.717) is 28.8 Å². The smallest absolute Gasteiger partial charge is 0.269 e. The molecule has 10 nitrogen and oxygen atoms in total. The number of nitro groups is 1. The monoisotopic (exact) mass is 480 g/mol. The fourth-order valence-electron chi connectivity index (χ4n) is 3.19. The number of carbonyl (C=O) groups is 2. The molecular weight excluding hydrogens is 456 g/mol. The van der Waals surface area contributed by atoms with Crippen LogP contribution in [0.2, 0.25) is 0 Å². The van der Waals surface area contributed by atoms with Gasteiger partial charge in [-0.1, -0.05) is 36.0 Å². The van der Waals surface area contributed by atoms with E-state index in [0.717, 1.165) is 5.56 Å². The molecule has 0 saturated carbocycles. The predicted molar refractivity (Wildman–Crippen MR) is 130 cm³/mol. The van der Waals surface area contributed by atoms with Crippen LogP contribution < -0.4 is 10.6 Å². The minimum atomic E-state index is -0.504. The SMILES string of the molecule is C=CCn1c(SCC(=O)Nc2ccc([N+](=O)[O-])cc2)nnc1C(C)NC(=O)c1ccccc1C. The Labute approximate surface area is 200 Å². The predicted octanol–water partition coefficient (Wildman–Crippen LogP) is 3.90. The molecule has 1 aromatic heterocycles. The molecule has 2 amide bonds. The summed E-state index contributed by atoms with van der Waals surface area (Å²) in [7, 11) is 0. The zero-order valence-electron chi connectivity index (χ0n) is 18.7. The second-order valence-corrected chi connectivity index (χ2v) is 8.33. The molecule has 0 aliphatic carbocycles. The van der Waals surface area contributed by atoms with Gasteiger partial charge in [0.2, 0.25) is 5.91 Å². The minimum absolute atomic E-state index is 0.0518. The van der Waals surface area contributed by atoms with Crippen molar-refractivity contribution in [1.29, 1.82) is 0 Å². The number of non-ortho nitro benzene ring substituents is 1. The third kappa shape index (κ3) is 6.07. The number of aryl methyl sites for hydroxylation is 1. The number of carbonyl (C=O) groups excluding carboxylic acids is 2. The van der Waals surface area contributed by atoms with Crippen LogP contribution in [0.4, 0.5) is 11.4 Å². The van der Waals surface area contributed by atoms with Gasteiger partial charge in [0.25, 0.3) is 11.6 Å². The zero-order chi connectivity index (χ0) is 24.7. The second-order valence-electron chi connectivity index (χ2n) is 7.39. The number of rotatable bonds is 10. The molecule has 0 bridgehead atoms. The van der Waals surface area contributed by atoms with Crippen molar-refractivity contribution in [3.05, 3.63) is 88.3 Å². The third-order valence-electron chi connectivity index (χ3n) is 4.88. The number of aromatic nitrogens is 3. The molecule has 2 aromatic carbocycles. The first-order valence-corrected chi connectivity index (χ1v) is 11.4. The molecule has 3 aromatic rings. The van der Waals surface area contributed by atoms with Gasteiger partial charge in [-0.2, -0.15) is 0 Å². The Balaban J connectivity index is 1.65. The van der Waals surface area contributed by atoms with Crippen LogP contribution in [0.25, 0.3) is 0 Å². The summed E-state index contributed by atoms with van der Waals surface area (Å²) in [6.45, 7) is 7.86. The van der Waals surface area contributed by atoms with Crippen LogP contribution in [0.1, 0.15) is 34.7 Å². The Morgan fingerprint density at radius 1 is 1.21 bits per heavy atom. The summed E-state index contributed by atoms with van der Waals surface area (Å²) in [6.07, 6.45) is 1.68. The van der Waals surface area contributed by atoms with Crippen LogP contribution in [-0.2, 0) is 11.3 Å². The van der Waals surface area contributed by atoms with Gasteiger partial charge in [-0.3, -0.25) is 19.7 Å². The fourth-order valence-corrected chi connectivity index (χ4v) is 3.94. The van der Waals surface area contributed by atoms with Crippen molar-refractivity contribution in [2.24, 2.45) is 0 Å². The molecule has 0 spiro atoms. The standard InChI is InChI=1S/C23H24N6O4S/c1-4-13-28-21(16(3)24-22(31)19-8-6-5-7-15(19)2)26-27-23(28)34-14-20(30)25-17-9-11-18(12-10-17)29(32)33/h4-12,16H,1,13-14H2,2-3H3,(H,24,31)(H,25,30). The second kappa shape index (κ2) is 11.2. The summed E-state index contributed by atoms with van der Waals surface area (Å²) in [6, 6.07) is 12.5. The van der Waals surface area contributed by atoms with Crippen LogP contribution in [0.15, 0.2) is 66.3 Å². The Morgan fingerprint density at radius 3 is 2.56 bits per heavy atom. The molecule has 176 valence electrons. The molecule has 3 rings (SSSR count). The first-order valence-electron chi connectivity index (χ1n) is 10.4. The molecule has 34 heavy (non-hydrogen) atoms. The van der Waals surface area contributed by atoms with Crippen molar-refractivity contribution in [1.82, 2.24) is 20.1 Å². The largest absolute Gasteiger partial charge is 0.342 e. The first kappa shape index (κ1) is 24.6. The summed E-state index contributed by atoms with van der Waals surface area (Å²) < 4.78 is 1.79. The molecule has 2 N–H and O–H groups in total. The maximum absolute atomic E-state index is 12.7. The van der Waals surface area contributed by atoms with Crippen molar-refractivity contribution in [2.45, 2.75) is 31.6 Å². The lowest BCUT2D eigenvalue weighted by molar-refractivity contribution is -0.384. The number of benzene rings is 2. The number of hydrogen-bond donors (Lipinski definition) is 2. The fraction of sp³-hybridized carbons (Fsp3) is 0.217. The van der Waals surface area contributed by atoms with Gasteiger partial charge in [-0.15, -0.1) is 16.8 Å². The van der Waals surface area contributed by atoms with Crippen LogP contribution in [-0.4, -0.2) is 37.3 Å². The van der Waals surface area contributed by atoms with E-state index in [9.17, 15) is 19.7 Å². The van der Waals surface area contributed by atoms with Gasteiger partial charge in [0.1, 0.15) is 0 Å². The van der Waals surface area contributed by atoms with E-state index in [1.807, 2.05) is 32.0 Å². The highest BCUT2D eigenvalue weighted by Gasteiger charge is 2.21. The zero-order valence-corrected chi connectivity index (χ0v) is 19.5. The molecule has 0 aliphatic rings. The summed E-state index contributed by atoms with van der Waals surface area (Å²) in [4.78, 5) is 35.3. The number of nitro benzene ring substituents is 1. The Kier molecular flexibility index (Phi) is 8.14. The van der Waals surface area contributed by atoms with E-state index in [-0.39, 0.29) is 23.3 Å². The van der Waals surface area contributed by atoms with E-state index in [2.05, 4.69) is 27.4 Å². The van der Waals surface area contributed by atoms with Crippen molar-refractivity contribution in [3.63, 3.8) is 0 Å². The highest BCUT2D eigenvalue weighted by Crippen LogP contribution is 2.22. The molecule has 0 radical (unpaired) electrons. The Bertz CT molecular complexity index is 1210. The lowest BCUT2D eigenvalue weighted by atomic mass is 10.1. The topological polar surface area (TPSA) is 132 Å². The number of allylic oxidation sites excluding steroid dienone is 1. The molecule has 1 atom stereocenters. The maximum atomic E-state index is 12.7. The molecule has 11 heteroatoms. The number of anilines is 1. The number of nitrogens with zero attached hydrogens (tertiary/aromatic N) is 4. The summed E-state index contributed by atoms with van der Waals surface area (Å²) in [5.74, 6) is 0.0842. The van der Waals surface area contributed by atoms with Crippen LogP contribution in [0, 0.1) is 17.0 Å². The number of nitrogens with one attached hydrogen (secondary N) is 2. The number of hydrogen-bond acceptors (Lipinski definition) is 7. The van der Waals surface area contributed by atoms with Crippen LogP contribution in [0.3, 0.4) is 0 Å². The maximum Gasteiger partial charge on any atom is 0.269 e. The van der Waals surface area contributed by atoms with Crippen molar-refractivity contribution >= 4 is 35.0 Å². The molecular formula is C23H24N6O4S. The van der Waals surface area contributed by atoms with Gasteiger partial charge in [0.15, 0.2) is 11.0 Å². The molecule has 1 heterocycles. The average molecular weight is 481 g/mol. The van der Waals surface area contributed by atoms with E-state index >= 15 is 0 Å². The average Bonchev–Trinajstić information content (AvgIpc) is 3.21. The van der Waals surface area contributed by atoms with Crippen LogP contribution in [0.5, 0.6) is 0 Å². The van der Waals surface area contributed by atoms with Crippen molar-refractivity contribution in [3.8, 4) is 0 Å². The lowest BCUT2D eigenvalue weighted by Crippen LogP contribution is -2.29. The van der Waals surface area contributed by atoms with E-state index in [1.165, 1.54) is 36.0 Å². The highest BCUT2D eigenvalue weighted by atomic mass is 32.2. The lowest BCUT2D eigenvalue weighted by Gasteiger charge is -2.16. The van der Waals surface area contributed by atoms with Gasteiger partial charge in [0.05, 0.1) is 16.7 Å². The normalized spacial score (nSPS) is 11.5. The Hall–Kier alpha value is -3.99. The summed E-state index contributed by atoms with van der Waals surface area (Å²) in [5.41, 5.74) is 1.86. The molecule has 0 saturated heterocycles. The molecule has 0 fully saturated rings. The van der Waals surface area contributed by atoms with Crippen LogP contribution >= 0.6 is 11.8 Å². The van der Waals surface area contributed by atoms with Gasteiger partial charge in [0, 0.05) is 29.9 Å². The van der Waals surface area contributed by atoms with Crippen molar-refractivity contribution in [2.75, 3.05) is 11.1 Å². The van der Waals surface area contributed by atoms with E-state index in [1.54, 1.807) is 16.7 Å². The molecule has 0 aliphatic heterocycles. The van der Waals surface area contributed by atoms with Gasteiger partial charge >= 0.3 is 0 Å². The highest BCUT2D eigenvalue weighted by molar-refractivity contribution is 7.99. The molecule has 1 unspecified atom stereocenters. The van der Waals surface area contributed by atoms with Gasteiger partial charge < -0.3 is 15.2 Å². The first-order chi connectivity index (χ1) is 16.3. The van der Waals surface area contributed by atoms with E-state index in [4.69, 9.17) is 0 Å². The number of thioether (sulfide) groups is 1. The number of amides is 2.